The molecule has 2 rings (SSSR count). The Morgan fingerprint density at radius 1 is 1.43 bits per heavy atom. The number of anilines is 1. The highest BCUT2D eigenvalue weighted by molar-refractivity contribution is 5.28. The largest absolute Gasteiger partial charge is 0.381 e. The van der Waals surface area contributed by atoms with Gasteiger partial charge in [0.15, 0.2) is 5.82 Å². The monoisotopic (exact) mass is 194 g/mol. The summed E-state index contributed by atoms with van der Waals surface area (Å²) in [4.78, 5) is 0. The fraction of sp³-hybridized carbons (Fsp3) is 0.727. The summed E-state index contributed by atoms with van der Waals surface area (Å²) in [5, 5.41) is 3.73. The van der Waals surface area contributed by atoms with Crippen LogP contribution in [-0.4, -0.2) is 5.16 Å². The molecule has 0 aliphatic heterocycles. The molecule has 1 aliphatic rings. The van der Waals surface area contributed by atoms with Gasteiger partial charge < -0.3 is 10.3 Å². The Morgan fingerprint density at radius 3 is 2.64 bits per heavy atom. The van der Waals surface area contributed by atoms with Crippen molar-refractivity contribution in [3.63, 3.8) is 0 Å². The average molecular weight is 194 g/mol. The van der Waals surface area contributed by atoms with Crippen LogP contribution < -0.4 is 5.73 Å². The third-order valence-corrected chi connectivity index (χ3v) is 3.37. The fourth-order valence-corrected chi connectivity index (χ4v) is 2.35. The molecule has 3 heteroatoms. The normalized spacial score (nSPS) is 27.8. The van der Waals surface area contributed by atoms with Crippen LogP contribution in [0.1, 0.15) is 50.7 Å². The lowest BCUT2D eigenvalue weighted by Crippen LogP contribution is -2.12. The van der Waals surface area contributed by atoms with Crippen molar-refractivity contribution in [3.8, 4) is 0 Å². The molecule has 14 heavy (non-hydrogen) atoms. The Kier molecular flexibility index (Phi) is 2.75. The summed E-state index contributed by atoms with van der Waals surface area (Å²) in [5.41, 5.74) is 5.53. The van der Waals surface area contributed by atoms with Crippen molar-refractivity contribution in [2.24, 2.45) is 5.92 Å². The summed E-state index contributed by atoms with van der Waals surface area (Å²) in [7, 11) is 0. The van der Waals surface area contributed by atoms with E-state index in [0.29, 0.717) is 11.7 Å². The van der Waals surface area contributed by atoms with Crippen LogP contribution in [0.3, 0.4) is 0 Å². The third-order valence-electron chi connectivity index (χ3n) is 3.37. The van der Waals surface area contributed by atoms with Crippen molar-refractivity contribution in [1.29, 1.82) is 0 Å². The van der Waals surface area contributed by atoms with Gasteiger partial charge in [-0.05, 0) is 31.6 Å². The molecule has 0 bridgehead atoms. The van der Waals surface area contributed by atoms with E-state index < -0.39 is 0 Å². The summed E-state index contributed by atoms with van der Waals surface area (Å²) < 4.78 is 5.20. The Labute approximate surface area is 84.7 Å². The van der Waals surface area contributed by atoms with E-state index in [0.717, 1.165) is 11.7 Å². The van der Waals surface area contributed by atoms with Gasteiger partial charge in [-0.1, -0.05) is 18.5 Å². The summed E-state index contributed by atoms with van der Waals surface area (Å²) in [5.74, 6) is 2.98. The predicted molar refractivity (Wildman–Crippen MR) is 55.9 cm³/mol. The fourth-order valence-electron chi connectivity index (χ4n) is 2.35. The molecular weight excluding hydrogens is 176 g/mol. The molecule has 0 atom stereocenters. The van der Waals surface area contributed by atoms with Crippen molar-refractivity contribution in [3.05, 3.63) is 11.8 Å². The van der Waals surface area contributed by atoms with Crippen LogP contribution >= 0.6 is 0 Å². The van der Waals surface area contributed by atoms with Gasteiger partial charge in [0.25, 0.3) is 0 Å². The first kappa shape index (κ1) is 9.56. The van der Waals surface area contributed by atoms with Gasteiger partial charge in [-0.25, -0.2) is 0 Å². The van der Waals surface area contributed by atoms with Crippen molar-refractivity contribution in [1.82, 2.24) is 5.16 Å². The van der Waals surface area contributed by atoms with E-state index in [1.54, 1.807) is 0 Å². The molecule has 0 unspecified atom stereocenters. The molecule has 1 aliphatic carbocycles. The van der Waals surface area contributed by atoms with Gasteiger partial charge in [-0.3, -0.25) is 0 Å². The predicted octanol–water partition coefficient (Wildman–Crippen LogP) is 2.94. The maximum Gasteiger partial charge on any atom is 0.167 e. The quantitative estimate of drug-likeness (QED) is 0.787. The van der Waals surface area contributed by atoms with Gasteiger partial charge in [-0.2, -0.15) is 0 Å². The lowest BCUT2D eigenvalue weighted by molar-refractivity contribution is 0.273. The van der Waals surface area contributed by atoms with E-state index in [2.05, 4.69) is 12.1 Å². The molecule has 1 aromatic rings. The SMILES string of the molecule is CCC1CCC(c2cc(N)no2)CC1. The smallest absolute Gasteiger partial charge is 0.167 e. The lowest BCUT2D eigenvalue weighted by atomic mass is 9.80. The van der Waals surface area contributed by atoms with E-state index in [1.165, 1.54) is 32.1 Å². The van der Waals surface area contributed by atoms with Gasteiger partial charge in [0.1, 0.15) is 5.76 Å². The average Bonchev–Trinajstić information content (AvgIpc) is 2.65. The van der Waals surface area contributed by atoms with Crippen LogP contribution in [0, 0.1) is 5.92 Å². The number of hydrogen-bond donors (Lipinski definition) is 1. The first-order valence-corrected chi connectivity index (χ1v) is 5.51. The van der Waals surface area contributed by atoms with Crippen LogP contribution in [0.25, 0.3) is 0 Å². The van der Waals surface area contributed by atoms with Crippen molar-refractivity contribution in [2.75, 3.05) is 5.73 Å². The first-order valence-electron chi connectivity index (χ1n) is 5.51. The summed E-state index contributed by atoms with van der Waals surface area (Å²) in [6.07, 6.45) is 6.41. The minimum Gasteiger partial charge on any atom is -0.381 e. The van der Waals surface area contributed by atoms with Crippen LogP contribution in [0.5, 0.6) is 0 Å². The highest BCUT2D eigenvalue weighted by atomic mass is 16.5. The van der Waals surface area contributed by atoms with E-state index in [9.17, 15) is 0 Å². The molecular formula is C11H18N2O. The lowest BCUT2D eigenvalue weighted by Gasteiger charge is -2.25. The second kappa shape index (κ2) is 4.03. The van der Waals surface area contributed by atoms with Gasteiger partial charge in [0, 0.05) is 12.0 Å². The Balaban J connectivity index is 1.95. The second-order valence-corrected chi connectivity index (χ2v) is 4.28. The molecule has 0 spiro atoms. The van der Waals surface area contributed by atoms with Gasteiger partial charge in [0.2, 0.25) is 0 Å². The number of hydrogen-bond acceptors (Lipinski definition) is 3. The topological polar surface area (TPSA) is 52.0 Å². The van der Waals surface area contributed by atoms with Gasteiger partial charge in [0.05, 0.1) is 0 Å². The van der Waals surface area contributed by atoms with Crippen LogP contribution in [0.4, 0.5) is 5.82 Å². The summed E-state index contributed by atoms with van der Waals surface area (Å²) >= 11 is 0. The van der Waals surface area contributed by atoms with Crippen molar-refractivity contribution in [2.45, 2.75) is 44.9 Å². The maximum absolute atomic E-state index is 5.53. The van der Waals surface area contributed by atoms with E-state index in [4.69, 9.17) is 10.3 Å². The maximum atomic E-state index is 5.53. The molecule has 2 N–H and O–H groups in total. The van der Waals surface area contributed by atoms with Crippen molar-refractivity contribution < 1.29 is 4.52 Å². The molecule has 0 amide bonds. The molecule has 1 saturated carbocycles. The van der Waals surface area contributed by atoms with Gasteiger partial charge >= 0.3 is 0 Å². The molecule has 0 radical (unpaired) electrons. The Morgan fingerprint density at radius 2 is 2.14 bits per heavy atom. The first-order chi connectivity index (χ1) is 6.79. The van der Waals surface area contributed by atoms with E-state index >= 15 is 0 Å². The van der Waals surface area contributed by atoms with Crippen LogP contribution in [0.15, 0.2) is 10.6 Å². The van der Waals surface area contributed by atoms with Crippen LogP contribution in [0.2, 0.25) is 0 Å². The molecule has 1 fully saturated rings. The minimum atomic E-state index is 0.512. The summed E-state index contributed by atoms with van der Waals surface area (Å²) in [6, 6.07) is 1.87. The minimum absolute atomic E-state index is 0.512. The van der Waals surface area contributed by atoms with Crippen LogP contribution in [-0.2, 0) is 0 Å². The molecule has 1 heterocycles. The zero-order valence-corrected chi connectivity index (χ0v) is 8.70. The zero-order valence-electron chi connectivity index (χ0n) is 8.70. The molecule has 78 valence electrons. The number of nitrogen functional groups attached to an aromatic ring is 1. The van der Waals surface area contributed by atoms with E-state index in [-0.39, 0.29) is 0 Å². The van der Waals surface area contributed by atoms with E-state index in [1.807, 2.05) is 6.07 Å². The third kappa shape index (κ3) is 1.91. The number of aromatic nitrogens is 1. The zero-order chi connectivity index (χ0) is 9.97. The molecule has 3 nitrogen and oxygen atoms in total. The Bertz CT molecular complexity index is 287. The molecule has 0 aromatic carbocycles. The highest BCUT2D eigenvalue weighted by Gasteiger charge is 2.23. The summed E-state index contributed by atoms with van der Waals surface area (Å²) in [6.45, 7) is 2.28. The second-order valence-electron chi connectivity index (χ2n) is 4.28. The highest BCUT2D eigenvalue weighted by Crippen LogP contribution is 2.37. The number of rotatable bonds is 2. The molecule has 0 saturated heterocycles. The standard InChI is InChI=1S/C11H18N2O/c1-2-8-3-5-9(6-4-8)10-7-11(12)13-14-10/h7-9H,2-6H2,1H3,(H2,12,13). The number of nitrogens with zero attached hydrogens (tertiary/aromatic N) is 1. The Hall–Kier alpha value is -0.990. The number of nitrogens with two attached hydrogens (primary N) is 1. The van der Waals surface area contributed by atoms with Gasteiger partial charge in [-0.15, -0.1) is 0 Å². The van der Waals surface area contributed by atoms with Crippen molar-refractivity contribution >= 4 is 5.82 Å². The molecule has 1 aromatic heterocycles.